The molecule has 1 aliphatic rings. The van der Waals surface area contributed by atoms with Gasteiger partial charge in [-0.05, 0) is 24.1 Å². The van der Waals surface area contributed by atoms with Gasteiger partial charge in [-0.25, -0.2) is 0 Å². The lowest BCUT2D eigenvalue weighted by atomic mass is 9.96. The van der Waals surface area contributed by atoms with Crippen LogP contribution in [0.25, 0.3) is 10.9 Å². The topological polar surface area (TPSA) is 54.1 Å². The lowest BCUT2D eigenvalue weighted by molar-refractivity contribution is -0.121. The highest BCUT2D eigenvalue weighted by Gasteiger charge is 2.26. The molecule has 1 aromatic heterocycles. The van der Waals surface area contributed by atoms with E-state index >= 15 is 0 Å². The largest absolute Gasteiger partial charge is 0.492 e. The van der Waals surface area contributed by atoms with Gasteiger partial charge in [0.25, 0.3) is 0 Å². The molecule has 1 unspecified atom stereocenters. The number of H-pyrrole nitrogens is 1. The molecule has 22 heavy (non-hydrogen) atoms. The Kier molecular flexibility index (Phi) is 3.07. The number of para-hydroxylation sites is 2. The highest BCUT2D eigenvalue weighted by Crippen LogP contribution is 2.28. The monoisotopic (exact) mass is 292 g/mol. The van der Waals surface area contributed by atoms with Gasteiger partial charge in [-0.15, -0.1) is 0 Å². The van der Waals surface area contributed by atoms with E-state index < -0.39 is 0 Å². The van der Waals surface area contributed by atoms with Gasteiger partial charge >= 0.3 is 0 Å². The fourth-order valence-corrected chi connectivity index (χ4v) is 2.91. The SMILES string of the molecule is O=C(Nc1c[nH]c2ccccc12)C1COc2ccccc2C1. The Morgan fingerprint density at radius 1 is 1.14 bits per heavy atom. The molecular formula is C18H16N2O2. The van der Waals surface area contributed by atoms with Crippen molar-refractivity contribution in [3.05, 3.63) is 60.3 Å². The van der Waals surface area contributed by atoms with Crippen molar-refractivity contribution < 1.29 is 9.53 Å². The summed E-state index contributed by atoms with van der Waals surface area (Å²) >= 11 is 0. The summed E-state index contributed by atoms with van der Waals surface area (Å²) in [6.07, 6.45) is 2.55. The number of benzene rings is 2. The smallest absolute Gasteiger partial charge is 0.231 e. The van der Waals surface area contributed by atoms with E-state index in [9.17, 15) is 4.79 Å². The predicted octanol–water partition coefficient (Wildman–Crippen LogP) is 3.36. The minimum absolute atomic E-state index is 0.000689. The maximum absolute atomic E-state index is 12.5. The van der Waals surface area contributed by atoms with E-state index in [4.69, 9.17) is 4.74 Å². The Bertz CT molecular complexity index is 838. The number of amides is 1. The Labute approximate surface area is 128 Å². The summed E-state index contributed by atoms with van der Waals surface area (Å²) in [4.78, 5) is 15.7. The van der Waals surface area contributed by atoms with Gasteiger partial charge in [-0.3, -0.25) is 4.79 Å². The fourth-order valence-electron chi connectivity index (χ4n) is 2.91. The third kappa shape index (κ3) is 2.22. The van der Waals surface area contributed by atoms with Crippen LogP contribution in [0.5, 0.6) is 5.75 Å². The van der Waals surface area contributed by atoms with Crippen molar-refractivity contribution in [3.63, 3.8) is 0 Å². The van der Waals surface area contributed by atoms with Crippen molar-refractivity contribution in [1.82, 2.24) is 4.98 Å². The van der Waals surface area contributed by atoms with E-state index in [1.165, 1.54) is 0 Å². The van der Waals surface area contributed by atoms with E-state index in [2.05, 4.69) is 10.3 Å². The highest BCUT2D eigenvalue weighted by atomic mass is 16.5. The van der Waals surface area contributed by atoms with Gasteiger partial charge in [0.05, 0.1) is 11.6 Å². The zero-order chi connectivity index (χ0) is 14.9. The summed E-state index contributed by atoms with van der Waals surface area (Å²) in [7, 11) is 0. The normalized spacial score (nSPS) is 16.8. The first-order valence-electron chi connectivity index (χ1n) is 7.39. The molecule has 2 heterocycles. The van der Waals surface area contributed by atoms with Gasteiger partial charge in [-0.2, -0.15) is 0 Å². The van der Waals surface area contributed by atoms with Gasteiger partial charge in [0.15, 0.2) is 0 Å². The summed E-state index contributed by atoms with van der Waals surface area (Å²) in [5.74, 6) is 0.724. The Morgan fingerprint density at radius 3 is 2.91 bits per heavy atom. The summed E-state index contributed by atoms with van der Waals surface area (Å²) in [5, 5.41) is 4.04. The minimum Gasteiger partial charge on any atom is -0.492 e. The number of hydrogen-bond acceptors (Lipinski definition) is 2. The Balaban J connectivity index is 1.54. The molecule has 2 N–H and O–H groups in total. The van der Waals surface area contributed by atoms with Crippen molar-refractivity contribution in [2.45, 2.75) is 6.42 Å². The van der Waals surface area contributed by atoms with E-state index in [1.54, 1.807) is 0 Å². The van der Waals surface area contributed by atoms with Crippen LogP contribution in [0.15, 0.2) is 54.7 Å². The first-order chi connectivity index (χ1) is 10.8. The van der Waals surface area contributed by atoms with Gasteiger partial charge in [0.1, 0.15) is 12.4 Å². The van der Waals surface area contributed by atoms with Crippen LogP contribution in [-0.4, -0.2) is 17.5 Å². The molecule has 1 amide bonds. The highest BCUT2D eigenvalue weighted by molar-refractivity contribution is 6.02. The standard InChI is InChI=1S/C18H16N2O2/c21-18(13-9-12-5-1-4-8-17(12)22-11-13)20-16-10-19-15-7-3-2-6-14(15)16/h1-8,10,13,19H,9,11H2,(H,20,21). The number of fused-ring (bicyclic) bond motifs is 2. The van der Waals surface area contributed by atoms with E-state index in [1.807, 2.05) is 54.7 Å². The van der Waals surface area contributed by atoms with Crippen molar-refractivity contribution in [3.8, 4) is 5.75 Å². The van der Waals surface area contributed by atoms with Crippen molar-refractivity contribution in [1.29, 1.82) is 0 Å². The Morgan fingerprint density at radius 2 is 1.95 bits per heavy atom. The van der Waals surface area contributed by atoms with Crippen molar-refractivity contribution in [2.24, 2.45) is 5.92 Å². The number of aromatic nitrogens is 1. The first kappa shape index (κ1) is 13.0. The molecule has 1 atom stereocenters. The summed E-state index contributed by atoms with van der Waals surface area (Å²) in [6, 6.07) is 15.8. The summed E-state index contributed by atoms with van der Waals surface area (Å²) in [6.45, 7) is 0.422. The molecule has 0 radical (unpaired) electrons. The molecule has 1 aliphatic heterocycles. The van der Waals surface area contributed by atoms with Gasteiger partial charge in [-0.1, -0.05) is 36.4 Å². The minimum atomic E-state index is -0.163. The summed E-state index contributed by atoms with van der Waals surface area (Å²) in [5.41, 5.74) is 2.93. The van der Waals surface area contributed by atoms with Gasteiger partial charge < -0.3 is 15.0 Å². The van der Waals surface area contributed by atoms with Crippen LogP contribution in [0.4, 0.5) is 5.69 Å². The molecule has 0 spiro atoms. The molecule has 0 bridgehead atoms. The fraction of sp³-hybridized carbons (Fsp3) is 0.167. The number of hydrogen-bond donors (Lipinski definition) is 2. The van der Waals surface area contributed by atoms with Gasteiger partial charge in [0.2, 0.25) is 5.91 Å². The lowest BCUT2D eigenvalue weighted by Crippen LogP contribution is -2.32. The maximum atomic E-state index is 12.5. The zero-order valence-corrected chi connectivity index (χ0v) is 12.0. The van der Waals surface area contributed by atoms with Gasteiger partial charge in [0, 0.05) is 17.1 Å². The van der Waals surface area contributed by atoms with Crippen LogP contribution in [0.2, 0.25) is 0 Å². The average Bonchev–Trinajstić information content (AvgIpc) is 2.97. The third-order valence-corrected chi connectivity index (χ3v) is 4.10. The Hall–Kier alpha value is -2.75. The van der Waals surface area contributed by atoms with Crippen molar-refractivity contribution >= 4 is 22.5 Å². The molecule has 3 aromatic rings. The number of carbonyl (C=O) groups excluding carboxylic acids is 1. The quantitative estimate of drug-likeness (QED) is 0.761. The van der Waals surface area contributed by atoms with Crippen LogP contribution < -0.4 is 10.1 Å². The average molecular weight is 292 g/mol. The molecule has 2 aromatic carbocycles. The molecule has 4 rings (SSSR count). The lowest BCUT2D eigenvalue weighted by Gasteiger charge is -2.24. The molecular weight excluding hydrogens is 276 g/mol. The van der Waals surface area contributed by atoms with E-state index in [0.717, 1.165) is 27.9 Å². The molecule has 0 fully saturated rings. The number of rotatable bonds is 2. The van der Waals surface area contributed by atoms with Crippen LogP contribution in [0.1, 0.15) is 5.56 Å². The van der Waals surface area contributed by atoms with Crippen molar-refractivity contribution in [2.75, 3.05) is 11.9 Å². The first-order valence-corrected chi connectivity index (χ1v) is 7.39. The zero-order valence-electron chi connectivity index (χ0n) is 12.0. The van der Waals surface area contributed by atoms with Crippen LogP contribution in [0.3, 0.4) is 0 Å². The van der Waals surface area contributed by atoms with E-state index in [0.29, 0.717) is 13.0 Å². The maximum Gasteiger partial charge on any atom is 0.231 e. The number of nitrogens with one attached hydrogen (secondary N) is 2. The predicted molar refractivity (Wildman–Crippen MR) is 86.1 cm³/mol. The molecule has 0 saturated carbocycles. The molecule has 4 nitrogen and oxygen atoms in total. The second-order valence-electron chi connectivity index (χ2n) is 5.56. The third-order valence-electron chi connectivity index (χ3n) is 4.10. The van der Waals surface area contributed by atoms with E-state index in [-0.39, 0.29) is 11.8 Å². The second-order valence-corrected chi connectivity index (χ2v) is 5.56. The number of aromatic amines is 1. The van der Waals surface area contributed by atoms with Crippen LogP contribution in [-0.2, 0) is 11.2 Å². The number of ether oxygens (including phenoxy) is 1. The van der Waals surface area contributed by atoms with Crippen LogP contribution >= 0.6 is 0 Å². The number of carbonyl (C=O) groups is 1. The molecule has 4 heteroatoms. The second kappa shape index (κ2) is 5.22. The molecule has 0 aliphatic carbocycles. The summed E-state index contributed by atoms with van der Waals surface area (Å²) < 4.78 is 5.70. The molecule has 0 saturated heterocycles. The van der Waals surface area contributed by atoms with Crippen LogP contribution in [0, 0.1) is 5.92 Å². The number of anilines is 1. The molecule has 110 valence electrons.